The topological polar surface area (TPSA) is 120 Å². The van der Waals surface area contributed by atoms with Crippen LogP contribution in [0.2, 0.25) is 0 Å². The highest BCUT2D eigenvalue weighted by molar-refractivity contribution is 7.22. The minimum Gasteiger partial charge on any atom is -0.379 e. The summed E-state index contributed by atoms with van der Waals surface area (Å²) in [6.45, 7) is 15.4. The van der Waals surface area contributed by atoms with Crippen molar-refractivity contribution < 1.29 is 14.3 Å². The first-order chi connectivity index (χ1) is 25.5. The number of ketones is 1. The molecule has 11 nitrogen and oxygen atoms in total. The Labute approximate surface area is 314 Å². The van der Waals surface area contributed by atoms with Gasteiger partial charge in [-0.25, -0.2) is 4.98 Å². The number of para-hydroxylation sites is 1. The van der Waals surface area contributed by atoms with Crippen LogP contribution >= 0.6 is 11.3 Å². The van der Waals surface area contributed by atoms with E-state index in [9.17, 15) is 4.79 Å². The maximum Gasteiger partial charge on any atom is 0.231 e. The normalized spacial score (nSPS) is 28.2. The molecule has 1 N–H and O–H groups in total. The molecule has 2 unspecified atom stereocenters. The molecule has 1 saturated heterocycles. The van der Waals surface area contributed by atoms with E-state index in [1.165, 1.54) is 19.3 Å². The number of hydrogen-bond donors (Lipinski definition) is 1. The van der Waals surface area contributed by atoms with Gasteiger partial charge in [-0.3, -0.25) is 19.4 Å². The number of rotatable bonds is 11. The minimum absolute atomic E-state index is 0.0587. The molecule has 2 atom stereocenters. The number of hydrogen-bond acceptors (Lipinski definition) is 11. The first-order valence-corrected chi connectivity index (χ1v) is 19.8. The molecule has 4 aromatic heterocycles. The predicted molar refractivity (Wildman–Crippen MR) is 206 cm³/mol. The second-order valence-electron chi connectivity index (χ2n) is 17.1. The molecule has 5 heterocycles. The number of anilines is 2. The standard InChI is InChI=1S/C41H48N8O3S/c1-27-17-33(46-47-36(27)45-37-44-31-7-5-6-8-34(31)53-37)35(50)32-10-9-29(18-42-32)30-19-43-49(28(30)2)26-40-21-38(3)20-39(4,22-40)24-41(23-38,25-40)52-16-13-48-11-14-51-15-12-48/h5-10,17-19H,11-16,20-26H2,1-4H3,(H,44,45,47). The molecule has 4 aliphatic carbocycles. The van der Waals surface area contributed by atoms with Gasteiger partial charge < -0.3 is 14.8 Å². The summed E-state index contributed by atoms with van der Waals surface area (Å²) < 4.78 is 15.9. The van der Waals surface area contributed by atoms with Crippen molar-refractivity contribution in [2.45, 2.75) is 78.4 Å². The van der Waals surface area contributed by atoms with Crippen LogP contribution in [-0.4, -0.2) is 85.7 Å². The van der Waals surface area contributed by atoms with Crippen molar-refractivity contribution in [3.05, 3.63) is 77.5 Å². The van der Waals surface area contributed by atoms with E-state index in [0.29, 0.717) is 11.5 Å². The number of pyridine rings is 1. The van der Waals surface area contributed by atoms with Crippen molar-refractivity contribution in [1.82, 2.24) is 34.8 Å². The largest absolute Gasteiger partial charge is 0.379 e. The quantitative estimate of drug-likeness (QED) is 0.138. The van der Waals surface area contributed by atoms with Gasteiger partial charge in [0.1, 0.15) is 11.4 Å². The highest BCUT2D eigenvalue weighted by atomic mass is 32.1. The van der Waals surface area contributed by atoms with E-state index in [0.717, 1.165) is 103 Å². The van der Waals surface area contributed by atoms with Crippen LogP contribution in [0.1, 0.15) is 79.8 Å². The third kappa shape index (κ3) is 6.68. The van der Waals surface area contributed by atoms with Gasteiger partial charge in [-0.1, -0.05) is 43.4 Å². The van der Waals surface area contributed by atoms with E-state index >= 15 is 0 Å². The van der Waals surface area contributed by atoms with Gasteiger partial charge in [-0.2, -0.15) is 5.10 Å². The molecular weight excluding hydrogens is 685 g/mol. The van der Waals surface area contributed by atoms with Gasteiger partial charge in [0, 0.05) is 49.2 Å². The third-order valence-corrected chi connectivity index (χ3v) is 13.2. The van der Waals surface area contributed by atoms with E-state index in [4.69, 9.17) is 14.6 Å². The van der Waals surface area contributed by atoms with E-state index in [2.05, 4.69) is 55.8 Å². The zero-order chi connectivity index (χ0) is 36.4. The molecule has 53 heavy (non-hydrogen) atoms. The fraction of sp³-hybridized carbons (Fsp3) is 0.512. The van der Waals surface area contributed by atoms with Crippen LogP contribution in [0.25, 0.3) is 21.3 Å². The van der Waals surface area contributed by atoms with Crippen molar-refractivity contribution in [3.8, 4) is 11.1 Å². The van der Waals surface area contributed by atoms with Crippen molar-refractivity contribution >= 4 is 38.3 Å². The zero-order valence-electron chi connectivity index (χ0n) is 31.2. The average molecular weight is 733 g/mol. The Balaban J connectivity index is 0.884. The second-order valence-corrected chi connectivity index (χ2v) is 18.1. The summed E-state index contributed by atoms with van der Waals surface area (Å²) in [7, 11) is 0. The van der Waals surface area contributed by atoms with E-state index in [1.54, 1.807) is 29.7 Å². The molecule has 276 valence electrons. The average Bonchev–Trinajstić information content (AvgIpc) is 3.69. The Morgan fingerprint density at radius 1 is 0.943 bits per heavy atom. The van der Waals surface area contributed by atoms with Crippen LogP contribution in [0.3, 0.4) is 0 Å². The van der Waals surface area contributed by atoms with Crippen LogP contribution in [0, 0.1) is 30.1 Å². The molecule has 12 heteroatoms. The molecule has 5 fully saturated rings. The summed E-state index contributed by atoms with van der Waals surface area (Å²) in [5.41, 5.74) is 6.07. The van der Waals surface area contributed by atoms with E-state index in [-0.39, 0.29) is 33.3 Å². The monoisotopic (exact) mass is 732 g/mol. The number of aromatic nitrogens is 6. The van der Waals surface area contributed by atoms with Gasteiger partial charge in [0.05, 0.1) is 41.8 Å². The van der Waals surface area contributed by atoms with E-state index in [1.807, 2.05) is 43.5 Å². The maximum atomic E-state index is 13.5. The van der Waals surface area contributed by atoms with Crippen LogP contribution in [-0.2, 0) is 16.0 Å². The van der Waals surface area contributed by atoms with Crippen molar-refractivity contribution in [3.63, 3.8) is 0 Å². The molecule has 4 saturated carbocycles. The number of carbonyl (C=O) groups is 1. The number of morpholine rings is 1. The summed E-state index contributed by atoms with van der Waals surface area (Å²) in [6.07, 6.45) is 10.9. The lowest BCUT2D eigenvalue weighted by atomic mass is 9.39. The Morgan fingerprint density at radius 3 is 2.47 bits per heavy atom. The van der Waals surface area contributed by atoms with Crippen molar-refractivity contribution in [2.75, 3.05) is 44.8 Å². The fourth-order valence-corrected chi connectivity index (χ4v) is 12.0. The van der Waals surface area contributed by atoms with Gasteiger partial charge in [-0.05, 0) is 98.4 Å². The molecule has 0 amide bonds. The van der Waals surface area contributed by atoms with Crippen LogP contribution < -0.4 is 5.32 Å². The van der Waals surface area contributed by atoms with E-state index < -0.39 is 0 Å². The van der Waals surface area contributed by atoms with Gasteiger partial charge >= 0.3 is 0 Å². The zero-order valence-corrected chi connectivity index (χ0v) is 32.0. The Hall–Kier alpha value is -4.10. The molecule has 5 aromatic rings. The number of ether oxygens (including phenoxy) is 2. The highest BCUT2D eigenvalue weighted by Crippen LogP contribution is 2.72. The molecule has 5 aliphatic rings. The summed E-state index contributed by atoms with van der Waals surface area (Å²) in [5.74, 6) is 0.302. The first-order valence-electron chi connectivity index (χ1n) is 18.9. The fourth-order valence-electron chi connectivity index (χ4n) is 11.1. The van der Waals surface area contributed by atoms with Gasteiger partial charge in [0.25, 0.3) is 0 Å². The Bertz CT molecular complexity index is 2120. The second kappa shape index (κ2) is 13.0. The maximum absolute atomic E-state index is 13.5. The minimum atomic E-state index is -0.268. The number of thiazole rings is 1. The summed E-state index contributed by atoms with van der Waals surface area (Å²) in [4.78, 5) is 25.1. The molecule has 4 bridgehead atoms. The lowest BCUT2D eigenvalue weighted by molar-refractivity contribution is -0.249. The van der Waals surface area contributed by atoms with Crippen molar-refractivity contribution in [2.24, 2.45) is 16.2 Å². The van der Waals surface area contributed by atoms with Gasteiger partial charge in [0.15, 0.2) is 10.9 Å². The lowest BCUT2D eigenvalue weighted by Gasteiger charge is -2.69. The lowest BCUT2D eigenvalue weighted by Crippen LogP contribution is -2.64. The summed E-state index contributed by atoms with van der Waals surface area (Å²) >= 11 is 1.55. The Kier molecular flexibility index (Phi) is 8.52. The van der Waals surface area contributed by atoms with Crippen LogP contribution in [0.15, 0.2) is 54.9 Å². The number of fused-ring (bicyclic) bond motifs is 1. The predicted octanol–water partition coefficient (Wildman–Crippen LogP) is 7.40. The smallest absolute Gasteiger partial charge is 0.231 e. The molecular formula is C41H48N8O3S. The SMILES string of the molecule is Cc1cc(C(=O)c2ccc(-c3cnn(CC45CC6(C)CC(C)(C4)CC(OCCN4CCOCC4)(C6)C5)c3C)cn2)nnc1Nc1nc2ccccc2s1. The number of nitrogens with zero attached hydrogens (tertiary/aromatic N) is 7. The number of carbonyl (C=O) groups excluding carboxylic acids is 1. The molecule has 0 spiro atoms. The molecule has 1 aliphatic heterocycles. The van der Waals surface area contributed by atoms with Gasteiger partial charge in [0.2, 0.25) is 5.78 Å². The molecule has 0 radical (unpaired) electrons. The summed E-state index contributed by atoms with van der Waals surface area (Å²) in [5, 5.41) is 17.5. The number of benzene rings is 1. The number of aryl methyl sites for hydroxylation is 1. The highest BCUT2D eigenvalue weighted by Gasteiger charge is 2.66. The summed E-state index contributed by atoms with van der Waals surface area (Å²) in [6, 6.07) is 13.5. The van der Waals surface area contributed by atoms with Crippen LogP contribution in [0.5, 0.6) is 0 Å². The van der Waals surface area contributed by atoms with Crippen LogP contribution in [0.4, 0.5) is 10.9 Å². The third-order valence-electron chi connectivity index (χ3n) is 12.2. The molecule has 1 aromatic carbocycles. The Morgan fingerprint density at radius 2 is 1.74 bits per heavy atom. The van der Waals surface area contributed by atoms with Gasteiger partial charge in [-0.15, -0.1) is 10.2 Å². The first kappa shape index (κ1) is 34.7. The van der Waals surface area contributed by atoms with Crippen molar-refractivity contribution in [1.29, 1.82) is 0 Å². The number of nitrogens with one attached hydrogen (secondary N) is 1. The molecule has 10 rings (SSSR count).